The molecule has 0 radical (unpaired) electrons. The highest BCUT2D eigenvalue weighted by atomic mass is 35.5. The number of aromatic nitrogens is 1. The van der Waals surface area contributed by atoms with Gasteiger partial charge in [-0.15, -0.1) is 0 Å². The molecule has 0 spiro atoms. The lowest BCUT2D eigenvalue weighted by molar-refractivity contribution is -0.136. The third-order valence-electron chi connectivity index (χ3n) is 4.77. The zero-order valence-corrected chi connectivity index (χ0v) is 16.6. The van der Waals surface area contributed by atoms with Crippen molar-refractivity contribution in [2.24, 2.45) is 0 Å². The summed E-state index contributed by atoms with van der Waals surface area (Å²) in [5.74, 6) is -0.757. The van der Waals surface area contributed by atoms with Crippen LogP contribution < -0.4 is 4.74 Å². The maximum atomic E-state index is 13.2. The van der Waals surface area contributed by atoms with Crippen LogP contribution in [0.15, 0.2) is 72.8 Å². The van der Waals surface area contributed by atoms with E-state index in [2.05, 4.69) is 4.98 Å². The van der Waals surface area contributed by atoms with Gasteiger partial charge in [-0.05, 0) is 29.8 Å². The van der Waals surface area contributed by atoms with Crippen LogP contribution in [0.1, 0.15) is 27.2 Å². The highest BCUT2D eigenvalue weighted by Gasteiger charge is 2.21. The van der Waals surface area contributed by atoms with Crippen LogP contribution >= 0.6 is 11.6 Å². The normalized spacial score (nSPS) is 10.8. The summed E-state index contributed by atoms with van der Waals surface area (Å²) in [7, 11) is 0. The summed E-state index contributed by atoms with van der Waals surface area (Å²) in [6.07, 6.45) is -0.271. The molecule has 1 aromatic heterocycles. The second-order valence-electron chi connectivity index (χ2n) is 6.87. The van der Waals surface area contributed by atoms with Crippen LogP contribution in [0.5, 0.6) is 5.75 Å². The van der Waals surface area contributed by atoms with E-state index in [-0.39, 0.29) is 17.9 Å². The third-order valence-corrected chi connectivity index (χ3v) is 5.00. The highest BCUT2D eigenvalue weighted by Crippen LogP contribution is 2.28. The zero-order valence-electron chi connectivity index (χ0n) is 15.9. The van der Waals surface area contributed by atoms with Gasteiger partial charge in [0.15, 0.2) is 0 Å². The van der Waals surface area contributed by atoms with Crippen molar-refractivity contribution in [1.82, 2.24) is 4.98 Å². The number of rotatable bonds is 7. The first-order valence-electron chi connectivity index (χ1n) is 9.34. The van der Waals surface area contributed by atoms with E-state index in [0.29, 0.717) is 39.4 Å². The van der Waals surface area contributed by atoms with Crippen molar-refractivity contribution in [2.45, 2.75) is 13.0 Å². The van der Waals surface area contributed by atoms with E-state index in [0.717, 1.165) is 5.56 Å². The molecule has 0 saturated heterocycles. The first kappa shape index (κ1) is 19.7. The van der Waals surface area contributed by atoms with Crippen molar-refractivity contribution in [1.29, 1.82) is 0 Å². The summed E-state index contributed by atoms with van der Waals surface area (Å²) in [4.78, 5) is 27.7. The Balaban J connectivity index is 1.65. The summed E-state index contributed by atoms with van der Waals surface area (Å²) in [5, 5.41) is 10.5. The van der Waals surface area contributed by atoms with Crippen LogP contribution in [-0.2, 0) is 17.8 Å². The second-order valence-corrected chi connectivity index (χ2v) is 7.31. The average molecular weight is 420 g/mol. The predicted molar refractivity (Wildman–Crippen MR) is 115 cm³/mol. The summed E-state index contributed by atoms with van der Waals surface area (Å²) in [6, 6.07) is 21.7. The Morgan fingerprint density at radius 3 is 2.53 bits per heavy atom. The van der Waals surface area contributed by atoms with Gasteiger partial charge in [0, 0.05) is 27.1 Å². The SMILES string of the molecule is O=C(O)Cc1c(C(=O)c2cccc(OCc3ccccc3)c2)[nH]c2cc(Cl)ccc12. The van der Waals surface area contributed by atoms with Crippen molar-refractivity contribution < 1.29 is 19.4 Å². The van der Waals surface area contributed by atoms with E-state index in [1.165, 1.54) is 0 Å². The lowest BCUT2D eigenvalue weighted by Crippen LogP contribution is -2.09. The van der Waals surface area contributed by atoms with Crippen molar-refractivity contribution in [3.05, 3.63) is 100 Å². The number of aliphatic carboxylic acids is 1. The summed E-state index contributed by atoms with van der Waals surface area (Å²) >= 11 is 6.05. The van der Waals surface area contributed by atoms with Crippen molar-refractivity contribution in [3.8, 4) is 5.75 Å². The van der Waals surface area contributed by atoms with E-state index in [4.69, 9.17) is 16.3 Å². The molecule has 0 saturated carbocycles. The smallest absolute Gasteiger partial charge is 0.307 e. The lowest BCUT2D eigenvalue weighted by Gasteiger charge is -2.08. The first-order valence-corrected chi connectivity index (χ1v) is 9.72. The molecule has 0 unspecified atom stereocenters. The molecule has 0 aliphatic rings. The summed E-state index contributed by atoms with van der Waals surface area (Å²) in [5.41, 5.74) is 2.73. The number of benzene rings is 3. The molecule has 0 aliphatic carbocycles. The minimum Gasteiger partial charge on any atom is -0.489 e. The van der Waals surface area contributed by atoms with Crippen LogP contribution in [0.4, 0.5) is 0 Å². The van der Waals surface area contributed by atoms with Gasteiger partial charge >= 0.3 is 5.97 Å². The lowest BCUT2D eigenvalue weighted by atomic mass is 10.0. The molecule has 150 valence electrons. The molecule has 0 aliphatic heterocycles. The maximum Gasteiger partial charge on any atom is 0.307 e. The monoisotopic (exact) mass is 419 g/mol. The molecule has 3 aromatic carbocycles. The Kier molecular flexibility index (Phi) is 5.55. The summed E-state index contributed by atoms with van der Waals surface area (Å²) < 4.78 is 5.81. The van der Waals surface area contributed by atoms with Crippen LogP contribution in [0.2, 0.25) is 5.02 Å². The van der Waals surface area contributed by atoms with E-state index in [9.17, 15) is 14.7 Å². The fourth-order valence-electron chi connectivity index (χ4n) is 3.37. The van der Waals surface area contributed by atoms with Gasteiger partial charge in [-0.2, -0.15) is 0 Å². The zero-order chi connectivity index (χ0) is 21.1. The standard InChI is InChI=1S/C24H18ClNO4/c25-17-9-10-19-20(13-22(27)28)23(26-21(19)12-17)24(29)16-7-4-8-18(11-16)30-14-15-5-2-1-3-6-15/h1-12,26H,13-14H2,(H,27,28). The van der Waals surface area contributed by atoms with E-state index < -0.39 is 5.97 Å². The van der Waals surface area contributed by atoms with Crippen molar-refractivity contribution in [3.63, 3.8) is 0 Å². The number of fused-ring (bicyclic) bond motifs is 1. The number of halogens is 1. The Morgan fingerprint density at radius 1 is 0.967 bits per heavy atom. The van der Waals surface area contributed by atoms with Crippen molar-refractivity contribution in [2.75, 3.05) is 0 Å². The molecule has 6 heteroatoms. The molecular formula is C24H18ClNO4. The molecule has 4 rings (SSSR count). The molecule has 4 aromatic rings. The molecule has 2 N–H and O–H groups in total. The van der Waals surface area contributed by atoms with E-state index in [1.807, 2.05) is 30.3 Å². The van der Waals surface area contributed by atoms with Gasteiger partial charge in [0.05, 0.1) is 12.1 Å². The predicted octanol–water partition coefficient (Wildman–Crippen LogP) is 5.26. The number of carboxylic acids is 1. The number of carboxylic acid groups (broad SMARTS) is 1. The molecule has 30 heavy (non-hydrogen) atoms. The van der Waals surface area contributed by atoms with Gasteiger partial charge in [-0.25, -0.2) is 0 Å². The largest absolute Gasteiger partial charge is 0.489 e. The molecule has 0 fully saturated rings. The number of ether oxygens (including phenoxy) is 1. The van der Waals surface area contributed by atoms with Gasteiger partial charge in [-0.3, -0.25) is 9.59 Å². The molecule has 0 atom stereocenters. The maximum absolute atomic E-state index is 13.2. The number of hydrogen-bond acceptors (Lipinski definition) is 3. The Labute approximate surface area is 177 Å². The topological polar surface area (TPSA) is 79.4 Å². The first-order chi connectivity index (χ1) is 14.5. The molecule has 0 amide bonds. The van der Waals surface area contributed by atoms with Gasteiger partial charge in [0.25, 0.3) is 0 Å². The quantitative estimate of drug-likeness (QED) is 0.400. The number of hydrogen-bond donors (Lipinski definition) is 2. The number of carbonyl (C=O) groups is 2. The third kappa shape index (κ3) is 4.21. The number of nitrogens with one attached hydrogen (secondary N) is 1. The van der Waals surface area contributed by atoms with Crippen LogP contribution in [0.3, 0.4) is 0 Å². The molecular weight excluding hydrogens is 402 g/mol. The van der Waals surface area contributed by atoms with Gasteiger partial charge in [-0.1, -0.05) is 60.1 Å². The van der Waals surface area contributed by atoms with Crippen LogP contribution in [0, 0.1) is 0 Å². The number of ketones is 1. The van der Waals surface area contributed by atoms with Gasteiger partial charge in [0.2, 0.25) is 5.78 Å². The minimum absolute atomic E-state index is 0.245. The van der Waals surface area contributed by atoms with Gasteiger partial charge in [0.1, 0.15) is 12.4 Å². The highest BCUT2D eigenvalue weighted by molar-refractivity contribution is 6.31. The molecule has 0 bridgehead atoms. The average Bonchev–Trinajstić information content (AvgIpc) is 3.09. The Hall–Kier alpha value is -3.57. The Morgan fingerprint density at radius 2 is 1.77 bits per heavy atom. The fourth-order valence-corrected chi connectivity index (χ4v) is 3.54. The van der Waals surface area contributed by atoms with E-state index >= 15 is 0 Å². The van der Waals surface area contributed by atoms with Gasteiger partial charge < -0.3 is 14.8 Å². The summed E-state index contributed by atoms with van der Waals surface area (Å²) in [6.45, 7) is 0.383. The molecule has 5 nitrogen and oxygen atoms in total. The molecule has 1 heterocycles. The number of H-pyrrole nitrogens is 1. The second kappa shape index (κ2) is 8.43. The Bertz CT molecular complexity index is 1230. The number of aromatic amines is 1. The van der Waals surface area contributed by atoms with Crippen LogP contribution in [-0.4, -0.2) is 21.8 Å². The van der Waals surface area contributed by atoms with E-state index in [1.54, 1.807) is 42.5 Å². The van der Waals surface area contributed by atoms with Crippen molar-refractivity contribution >= 4 is 34.3 Å². The fraction of sp³-hybridized carbons (Fsp3) is 0.0833. The number of carbonyl (C=O) groups excluding carboxylic acids is 1. The minimum atomic E-state index is -1.01. The van der Waals surface area contributed by atoms with Crippen LogP contribution in [0.25, 0.3) is 10.9 Å².